The Bertz CT molecular complexity index is 736. The fraction of sp³-hybridized carbons (Fsp3) is 0.316. The highest BCUT2D eigenvalue weighted by Crippen LogP contribution is 2.40. The highest BCUT2D eigenvalue weighted by atomic mass is 16.6. The lowest BCUT2D eigenvalue weighted by Gasteiger charge is -2.33. The van der Waals surface area contributed by atoms with Crippen LogP contribution in [0.2, 0.25) is 0 Å². The molecule has 1 aliphatic heterocycles. The van der Waals surface area contributed by atoms with Crippen molar-refractivity contribution in [1.29, 1.82) is 0 Å². The van der Waals surface area contributed by atoms with E-state index in [1.807, 2.05) is 30.3 Å². The Labute approximate surface area is 131 Å². The molecule has 1 heterocycles. The molecule has 0 radical (unpaired) electrons. The Balaban J connectivity index is 2.23. The third-order valence-corrected chi connectivity index (χ3v) is 4.18. The molecule has 1 atom stereocenters. The molecular weight excluding hydrogens is 274 g/mol. The van der Waals surface area contributed by atoms with Crippen LogP contribution in [0, 0.1) is 13.8 Å². The van der Waals surface area contributed by atoms with E-state index in [-0.39, 0.29) is 12.0 Å². The summed E-state index contributed by atoms with van der Waals surface area (Å²) in [4.78, 5) is 12.3. The molecule has 2 aromatic carbocycles. The summed E-state index contributed by atoms with van der Waals surface area (Å²) in [6.07, 6.45) is 0. The number of hydrogen-bond acceptors (Lipinski definition) is 3. The third kappa shape index (κ3) is 2.22. The number of aryl methyl sites for hydroxylation is 2. The van der Waals surface area contributed by atoms with Crippen LogP contribution in [-0.4, -0.2) is 12.0 Å². The van der Waals surface area contributed by atoms with Gasteiger partial charge in [-0.15, -0.1) is 0 Å². The Morgan fingerprint density at radius 1 is 1.05 bits per heavy atom. The van der Waals surface area contributed by atoms with Gasteiger partial charge in [-0.1, -0.05) is 36.4 Å². The van der Waals surface area contributed by atoms with Crippen molar-refractivity contribution in [2.45, 2.75) is 39.5 Å². The topological polar surface area (TPSA) is 38.3 Å². The normalized spacial score (nSPS) is 20.1. The van der Waals surface area contributed by atoms with E-state index in [9.17, 15) is 4.79 Å². The molecule has 0 aromatic heterocycles. The molecule has 3 heteroatoms. The molecule has 0 bridgehead atoms. The van der Waals surface area contributed by atoms with Gasteiger partial charge in [0.15, 0.2) is 0 Å². The van der Waals surface area contributed by atoms with Gasteiger partial charge in [-0.3, -0.25) is 5.32 Å². The quantitative estimate of drug-likeness (QED) is 0.878. The third-order valence-electron chi connectivity index (χ3n) is 4.18. The van der Waals surface area contributed by atoms with Crippen LogP contribution in [0.25, 0.3) is 0 Å². The number of hydrogen-bond donors (Lipinski definition) is 1. The zero-order chi connectivity index (χ0) is 15.9. The minimum absolute atomic E-state index is 0.167. The first kappa shape index (κ1) is 14.8. The van der Waals surface area contributed by atoms with Crippen LogP contribution in [0.15, 0.2) is 42.5 Å². The number of benzene rings is 2. The van der Waals surface area contributed by atoms with Crippen molar-refractivity contribution >= 4 is 5.97 Å². The van der Waals surface area contributed by atoms with Crippen LogP contribution in [0.1, 0.15) is 46.5 Å². The maximum atomic E-state index is 12.3. The maximum Gasteiger partial charge on any atom is 0.340 e. The molecular formula is C19H21NO2. The molecule has 0 saturated carbocycles. The second-order valence-corrected chi connectivity index (χ2v) is 6.21. The number of carbonyl (C=O) groups excluding carboxylic acids is 1. The predicted octanol–water partition coefficient (Wildman–Crippen LogP) is 3.67. The van der Waals surface area contributed by atoms with Crippen molar-refractivity contribution in [3.8, 4) is 0 Å². The Kier molecular flexibility index (Phi) is 3.53. The average Bonchev–Trinajstić information content (AvgIpc) is 2.75. The van der Waals surface area contributed by atoms with Gasteiger partial charge in [-0.2, -0.15) is 0 Å². The second-order valence-electron chi connectivity index (χ2n) is 6.21. The number of carbonyl (C=O) groups is 1. The molecule has 1 unspecified atom stereocenters. The van der Waals surface area contributed by atoms with E-state index >= 15 is 0 Å². The average molecular weight is 295 g/mol. The summed E-state index contributed by atoms with van der Waals surface area (Å²) in [6, 6.07) is 14.0. The van der Waals surface area contributed by atoms with E-state index in [4.69, 9.17) is 4.74 Å². The minimum atomic E-state index is -0.902. The Morgan fingerprint density at radius 2 is 1.77 bits per heavy atom. The Hall–Kier alpha value is -2.13. The van der Waals surface area contributed by atoms with Crippen LogP contribution in [0.4, 0.5) is 0 Å². The molecule has 0 fully saturated rings. The number of nitrogens with one attached hydrogen (secondary N) is 1. The number of fused-ring (bicyclic) bond motifs is 1. The summed E-state index contributed by atoms with van der Waals surface area (Å²) in [7, 11) is 0. The molecule has 114 valence electrons. The van der Waals surface area contributed by atoms with Gasteiger partial charge >= 0.3 is 5.97 Å². The summed E-state index contributed by atoms with van der Waals surface area (Å²) in [5, 5.41) is 3.46. The van der Waals surface area contributed by atoms with Gasteiger partial charge < -0.3 is 4.74 Å². The van der Waals surface area contributed by atoms with Gasteiger partial charge in [0.1, 0.15) is 0 Å². The number of rotatable bonds is 3. The first-order valence-corrected chi connectivity index (χ1v) is 7.62. The van der Waals surface area contributed by atoms with E-state index in [0.29, 0.717) is 5.56 Å². The molecule has 0 amide bonds. The van der Waals surface area contributed by atoms with E-state index in [1.54, 1.807) is 0 Å². The zero-order valence-electron chi connectivity index (χ0n) is 13.4. The lowest BCUT2D eigenvalue weighted by molar-refractivity contribution is -0.00869. The van der Waals surface area contributed by atoms with Crippen molar-refractivity contribution < 1.29 is 9.53 Å². The van der Waals surface area contributed by atoms with Crippen molar-refractivity contribution in [2.75, 3.05) is 0 Å². The zero-order valence-corrected chi connectivity index (χ0v) is 13.4. The highest BCUT2D eigenvalue weighted by molar-refractivity contribution is 5.95. The largest absolute Gasteiger partial charge is 0.431 e. The Morgan fingerprint density at radius 3 is 2.45 bits per heavy atom. The molecule has 1 N–H and O–H groups in total. The standard InChI is InChI=1S/C19H21NO2/c1-12(2)20-19(15-10-9-13(3)14(4)11-15)17-8-6-5-7-16(17)18(21)22-19/h5-12,20H,1-4H3. The van der Waals surface area contributed by atoms with Gasteiger partial charge in [0.2, 0.25) is 5.72 Å². The lowest BCUT2D eigenvalue weighted by Crippen LogP contribution is -2.47. The number of ether oxygens (including phenoxy) is 1. The summed E-state index contributed by atoms with van der Waals surface area (Å²) < 4.78 is 5.86. The molecule has 0 aliphatic carbocycles. The van der Waals surface area contributed by atoms with Gasteiger partial charge in [0.05, 0.1) is 5.56 Å². The van der Waals surface area contributed by atoms with Crippen LogP contribution in [-0.2, 0) is 10.5 Å². The fourth-order valence-electron chi connectivity index (χ4n) is 2.99. The first-order valence-electron chi connectivity index (χ1n) is 7.62. The van der Waals surface area contributed by atoms with Crippen LogP contribution in [0.3, 0.4) is 0 Å². The van der Waals surface area contributed by atoms with Gasteiger partial charge in [0.25, 0.3) is 0 Å². The summed E-state index contributed by atoms with van der Waals surface area (Å²) in [6.45, 7) is 8.26. The van der Waals surface area contributed by atoms with Crippen molar-refractivity contribution in [2.24, 2.45) is 0 Å². The smallest absolute Gasteiger partial charge is 0.340 e. The predicted molar refractivity (Wildman–Crippen MR) is 86.8 cm³/mol. The van der Waals surface area contributed by atoms with E-state index in [1.165, 1.54) is 11.1 Å². The molecule has 0 spiro atoms. The maximum absolute atomic E-state index is 12.3. The van der Waals surface area contributed by atoms with Crippen LogP contribution >= 0.6 is 0 Å². The van der Waals surface area contributed by atoms with Gasteiger partial charge in [-0.25, -0.2) is 4.79 Å². The first-order chi connectivity index (χ1) is 10.4. The molecule has 22 heavy (non-hydrogen) atoms. The van der Waals surface area contributed by atoms with Gasteiger partial charge in [-0.05, 0) is 44.9 Å². The molecule has 0 saturated heterocycles. The van der Waals surface area contributed by atoms with Crippen LogP contribution in [0.5, 0.6) is 0 Å². The van der Waals surface area contributed by atoms with E-state index < -0.39 is 5.72 Å². The monoisotopic (exact) mass is 295 g/mol. The number of esters is 1. The summed E-state index contributed by atoms with van der Waals surface area (Å²) in [5.74, 6) is -0.276. The van der Waals surface area contributed by atoms with Crippen molar-refractivity contribution in [1.82, 2.24) is 5.32 Å². The molecule has 3 rings (SSSR count). The molecule has 2 aromatic rings. The summed E-state index contributed by atoms with van der Waals surface area (Å²) >= 11 is 0. The minimum Gasteiger partial charge on any atom is -0.431 e. The van der Waals surface area contributed by atoms with Crippen LogP contribution < -0.4 is 5.32 Å². The van der Waals surface area contributed by atoms with Gasteiger partial charge in [0, 0.05) is 17.2 Å². The fourth-order valence-corrected chi connectivity index (χ4v) is 2.99. The molecule has 3 nitrogen and oxygen atoms in total. The SMILES string of the molecule is Cc1ccc(C2(NC(C)C)OC(=O)c3ccccc32)cc1C. The van der Waals surface area contributed by atoms with Crippen molar-refractivity contribution in [3.05, 3.63) is 70.3 Å². The summed E-state index contributed by atoms with van der Waals surface area (Å²) in [5.41, 5.74) is 3.98. The van der Waals surface area contributed by atoms with E-state index in [0.717, 1.165) is 11.1 Å². The second kappa shape index (κ2) is 5.25. The molecule has 1 aliphatic rings. The highest BCUT2D eigenvalue weighted by Gasteiger charge is 2.47. The lowest BCUT2D eigenvalue weighted by atomic mass is 9.90. The van der Waals surface area contributed by atoms with Crippen molar-refractivity contribution in [3.63, 3.8) is 0 Å². The van der Waals surface area contributed by atoms with E-state index in [2.05, 4.69) is 45.1 Å². The number of cyclic esters (lactones) is 1.